The van der Waals surface area contributed by atoms with Crippen LogP contribution in [0.5, 0.6) is 0 Å². The minimum atomic E-state index is -0.266. The molecule has 2 N–H and O–H groups in total. The maximum atomic E-state index is 12.7. The number of imidazole rings is 1. The van der Waals surface area contributed by atoms with E-state index in [2.05, 4.69) is 20.6 Å². The number of carbonyl (C=O) groups excluding carboxylic acids is 2. The Hall–Kier alpha value is -2.74. The molecule has 2 aromatic heterocycles. The molecule has 4 rings (SSSR count). The van der Waals surface area contributed by atoms with E-state index in [1.807, 2.05) is 16.7 Å². The van der Waals surface area contributed by atoms with Crippen molar-refractivity contribution in [3.8, 4) is 0 Å². The van der Waals surface area contributed by atoms with Gasteiger partial charge in [-0.15, -0.1) is 0 Å². The molecule has 4 heterocycles. The van der Waals surface area contributed by atoms with E-state index in [9.17, 15) is 9.59 Å². The van der Waals surface area contributed by atoms with Crippen LogP contribution in [0, 0.1) is 0 Å². The standard InChI is InChI=1S/C20H25N5O3/c26-19(23-13-15-4-3-11-28-15)17-16-5-1-2-10-25(16)18(24-17)20(27)22-12-14-6-8-21-9-7-14/h6-9,15H,1-5,10-13H2,(H,22,27)(H,23,26). The van der Waals surface area contributed by atoms with Crippen molar-refractivity contribution in [3.05, 3.63) is 47.3 Å². The molecule has 0 aliphatic carbocycles. The van der Waals surface area contributed by atoms with Gasteiger partial charge < -0.3 is 19.9 Å². The number of rotatable bonds is 6. The number of fused-ring (bicyclic) bond motifs is 1. The molecule has 1 unspecified atom stereocenters. The van der Waals surface area contributed by atoms with Crippen molar-refractivity contribution in [2.75, 3.05) is 13.2 Å². The van der Waals surface area contributed by atoms with Gasteiger partial charge in [-0.2, -0.15) is 0 Å². The van der Waals surface area contributed by atoms with E-state index in [0.29, 0.717) is 31.2 Å². The van der Waals surface area contributed by atoms with Gasteiger partial charge in [-0.3, -0.25) is 14.6 Å². The highest BCUT2D eigenvalue weighted by Gasteiger charge is 2.28. The van der Waals surface area contributed by atoms with Crippen molar-refractivity contribution < 1.29 is 14.3 Å². The van der Waals surface area contributed by atoms with Gasteiger partial charge in [0.15, 0.2) is 5.82 Å². The number of carbonyl (C=O) groups is 2. The maximum Gasteiger partial charge on any atom is 0.287 e. The number of ether oxygens (including phenoxy) is 1. The van der Waals surface area contributed by atoms with Crippen LogP contribution in [-0.2, 0) is 24.2 Å². The van der Waals surface area contributed by atoms with Gasteiger partial charge in [0.25, 0.3) is 11.8 Å². The SMILES string of the molecule is O=C(NCC1CCCO1)c1nc(C(=O)NCc2ccncc2)n2c1CCCC2. The molecule has 1 saturated heterocycles. The summed E-state index contributed by atoms with van der Waals surface area (Å²) in [4.78, 5) is 33.8. The average molecular weight is 383 g/mol. The predicted molar refractivity (Wildman–Crippen MR) is 102 cm³/mol. The summed E-state index contributed by atoms with van der Waals surface area (Å²) < 4.78 is 7.46. The lowest BCUT2D eigenvalue weighted by Crippen LogP contribution is -2.32. The molecule has 8 heteroatoms. The van der Waals surface area contributed by atoms with Crippen LogP contribution in [0.1, 0.15) is 58.0 Å². The molecule has 148 valence electrons. The third-order valence-electron chi connectivity index (χ3n) is 5.25. The van der Waals surface area contributed by atoms with Gasteiger partial charge in [0.2, 0.25) is 0 Å². The van der Waals surface area contributed by atoms with Gasteiger partial charge in [0.1, 0.15) is 5.69 Å². The average Bonchev–Trinajstić information content (AvgIpc) is 3.39. The van der Waals surface area contributed by atoms with Crippen molar-refractivity contribution in [1.29, 1.82) is 0 Å². The molecule has 2 amide bonds. The van der Waals surface area contributed by atoms with Gasteiger partial charge in [-0.1, -0.05) is 0 Å². The topological polar surface area (TPSA) is 98.1 Å². The summed E-state index contributed by atoms with van der Waals surface area (Å²) in [5.41, 5.74) is 2.18. The van der Waals surface area contributed by atoms with Crippen LogP contribution in [0.3, 0.4) is 0 Å². The van der Waals surface area contributed by atoms with Crippen molar-refractivity contribution in [3.63, 3.8) is 0 Å². The second kappa shape index (κ2) is 8.52. The number of aromatic nitrogens is 3. The molecule has 0 radical (unpaired) electrons. The van der Waals surface area contributed by atoms with Gasteiger partial charge in [-0.05, 0) is 49.8 Å². The Morgan fingerprint density at radius 3 is 2.79 bits per heavy atom. The van der Waals surface area contributed by atoms with E-state index in [1.165, 1.54) is 0 Å². The monoisotopic (exact) mass is 383 g/mol. The van der Waals surface area contributed by atoms with E-state index in [0.717, 1.165) is 50.0 Å². The lowest BCUT2D eigenvalue weighted by Gasteiger charge is -2.17. The predicted octanol–water partition coefficient (Wildman–Crippen LogP) is 1.45. The Labute approximate surface area is 163 Å². The van der Waals surface area contributed by atoms with Crippen molar-refractivity contribution in [2.24, 2.45) is 0 Å². The highest BCUT2D eigenvalue weighted by molar-refractivity contribution is 5.97. The number of nitrogens with one attached hydrogen (secondary N) is 2. The molecular weight excluding hydrogens is 358 g/mol. The first-order valence-electron chi connectivity index (χ1n) is 9.88. The van der Waals surface area contributed by atoms with E-state index < -0.39 is 0 Å². The Morgan fingerprint density at radius 2 is 2.00 bits per heavy atom. The zero-order valence-electron chi connectivity index (χ0n) is 15.8. The zero-order valence-corrected chi connectivity index (χ0v) is 15.8. The molecule has 8 nitrogen and oxygen atoms in total. The summed E-state index contributed by atoms with van der Waals surface area (Å²) in [6.07, 6.45) is 8.18. The van der Waals surface area contributed by atoms with E-state index in [4.69, 9.17) is 4.74 Å². The Kier molecular flexibility index (Phi) is 5.66. The van der Waals surface area contributed by atoms with Crippen LogP contribution in [0.2, 0.25) is 0 Å². The number of pyridine rings is 1. The third kappa shape index (κ3) is 4.06. The number of amides is 2. The summed E-state index contributed by atoms with van der Waals surface area (Å²) in [7, 11) is 0. The lowest BCUT2D eigenvalue weighted by molar-refractivity contribution is 0.0853. The van der Waals surface area contributed by atoms with Crippen molar-refractivity contribution in [2.45, 2.75) is 51.3 Å². The number of hydrogen-bond donors (Lipinski definition) is 2. The van der Waals surface area contributed by atoms with E-state index in [1.54, 1.807) is 12.4 Å². The molecule has 0 aromatic carbocycles. The molecule has 28 heavy (non-hydrogen) atoms. The van der Waals surface area contributed by atoms with Crippen LogP contribution in [0.15, 0.2) is 24.5 Å². The molecule has 1 fully saturated rings. The minimum Gasteiger partial charge on any atom is -0.376 e. The highest BCUT2D eigenvalue weighted by atomic mass is 16.5. The lowest BCUT2D eigenvalue weighted by atomic mass is 10.1. The fraction of sp³-hybridized carbons (Fsp3) is 0.500. The molecule has 0 saturated carbocycles. The normalized spacial score (nSPS) is 18.5. The molecule has 2 aromatic rings. The quantitative estimate of drug-likeness (QED) is 0.787. The Balaban J connectivity index is 1.47. The molecule has 2 aliphatic rings. The summed E-state index contributed by atoms with van der Waals surface area (Å²) in [5.74, 6) is -0.182. The molecular formula is C20H25N5O3. The third-order valence-corrected chi connectivity index (χ3v) is 5.25. The first-order chi connectivity index (χ1) is 13.7. The first kappa shape index (κ1) is 18.6. The van der Waals surface area contributed by atoms with Gasteiger partial charge in [-0.25, -0.2) is 4.98 Å². The molecule has 0 spiro atoms. The van der Waals surface area contributed by atoms with Crippen LogP contribution in [-0.4, -0.2) is 45.6 Å². The zero-order chi connectivity index (χ0) is 19.3. The smallest absolute Gasteiger partial charge is 0.287 e. The Bertz CT molecular complexity index is 843. The second-order valence-electron chi connectivity index (χ2n) is 7.22. The summed E-state index contributed by atoms with van der Waals surface area (Å²) in [5, 5.41) is 5.82. The van der Waals surface area contributed by atoms with Crippen LogP contribution >= 0.6 is 0 Å². The molecule has 2 aliphatic heterocycles. The summed E-state index contributed by atoms with van der Waals surface area (Å²) in [6, 6.07) is 3.70. The fourth-order valence-corrected chi connectivity index (χ4v) is 3.76. The maximum absolute atomic E-state index is 12.7. The highest BCUT2D eigenvalue weighted by Crippen LogP contribution is 2.21. The minimum absolute atomic E-state index is 0.0746. The van der Waals surface area contributed by atoms with E-state index in [-0.39, 0.29) is 17.9 Å². The summed E-state index contributed by atoms with van der Waals surface area (Å²) in [6.45, 7) is 2.33. The number of hydrogen-bond acceptors (Lipinski definition) is 5. The number of nitrogens with zero attached hydrogens (tertiary/aromatic N) is 3. The Morgan fingerprint density at radius 1 is 1.14 bits per heavy atom. The van der Waals surface area contributed by atoms with E-state index >= 15 is 0 Å². The second-order valence-corrected chi connectivity index (χ2v) is 7.22. The van der Waals surface area contributed by atoms with Gasteiger partial charge in [0, 0.05) is 38.6 Å². The molecule has 1 atom stereocenters. The van der Waals surface area contributed by atoms with Gasteiger partial charge >= 0.3 is 0 Å². The fourth-order valence-electron chi connectivity index (χ4n) is 3.76. The molecule has 0 bridgehead atoms. The van der Waals surface area contributed by atoms with Crippen LogP contribution in [0.25, 0.3) is 0 Å². The largest absolute Gasteiger partial charge is 0.376 e. The van der Waals surface area contributed by atoms with Crippen molar-refractivity contribution >= 4 is 11.8 Å². The van der Waals surface area contributed by atoms with Crippen molar-refractivity contribution in [1.82, 2.24) is 25.2 Å². The van der Waals surface area contributed by atoms with Gasteiger partial charge in [0.05, 0.1) is 11.8 Å². The van der Waals surface area contributed by atoms with Crippen LogP contribution in [0.4, 0.5) is 0 Å². The van der Waals surface area contributed by atoms with Crippen LogP contribution < -0.4 is 10.6 Å². The summed E-state index contributed by atoms with van der Waals surface area (Å²) >= 11 is 0. The first-order valence-corrected chi connectivity index (χ1v) is 9.88.